The maximum absolute atomic E-state index is 13.0. The van der Waals surface area contributed by atoms with E-state index >= 15 is 0 Å². The number of carboxylic acid groups (broad SMARTS) is 1. The molecule has 0 aromatic carbocycles. The van der Waals surface area contributed by atoms with Gasteiger partial charge in [0.1, 0.15) is 17.5 Å². The van der Waals surface area contributed by atoms with Gasteiger partial charge in [-0.3, -0.25) is 0 Å². The molecule has 7 heteroatoms. The van der Waals surface area contributed by atoms with Gasteiger partial charge in [-0.1, -0.05) is 0 Å². The normalized spacial score (nSPS) is 10.1. The van der Waals surface area contributed by atoms with Gasteiger partial charge in [-0.2, -0.15) is 5.26 Å². The van der Waals surface area contributed by atoms with Crippen LogP contribution in [-0.4, -0.2) is 16.1 Å². The number of nitrogens with zero attached hydrogens (tertiary/aromatic N) is 2. The molecule has 1 aromatic heterocycles. The van der Waals surface area contributed by atoms with Crippen LogP contribution in [0.2, 0.25) is 0 Å². The minimum Gasteiger partial charge on any atom is -0.477 e. The minimum atomic E-state index is -3.27. The van der Waals surface area contributed by atoms with E-state index in [4.69, 9.17) is 10.4 Å². The maximum atomic E-state index is 13.0. The Kier molecular flexibility index (Phi) is 2.90. The Balaban J connectivity index is 3.47. The van der Waals surface area contributed by atoms with Crippen molar-refractivity contribution in [3.8, 4) is 6.07 Å². The van der Waals surface area contributed by atoms with Crippen molar-refractivity contribution < 1.29 is 23.1 Å². The van der Waals surface area contributed by atoms with Crippen molar-refractivity contribution >= 4 is 5.97 Å². The molecule has 4 nitrogen and oxygen atoms in total. The summed E-state index contributed by atoms with van der Waals surface area (Å²) in [5, 5.41) is 16.8. The molecule has 78 valence electrons. The molecule has 0 fully saturated rings. The van der Waals surface area contributed by atoms with Crippen molar-refractivity contribution in [3.63, 3.8) is 0 Å². The van der Waals surface area contributed by atoms with Crippen LogP contribution in [0, 0.1) is 17.1 Å². The van der Waals surface area contributed by atoms with Gasteiger partial charge in [-0.25, -0.2) is 22.9 Å². The molecule has 0 aliphatic heterocycles. The third-order valence-corrected chi connectivity index (χ3v) is 1.53. The van der Waals surface area contributed by atoms with E-state index in [0.29, 0.717) is 6.07 Å². The summed E-state index contributed by atoms with van der Waals surface area (Å²) in [4.78, 5) is 13.3. The molecule has 0 atom stereocenters. The van der Waals surface area contributed by atoms with Gasteiger partial charge in [-0.15, -0.1) is 0 Å². The summed E-state index contributed by atoms with van der Waals surface area (Å²) in [5.74, 6) is -3.09. The van der Waals surface area contributed by atoms with E-state index in [2.05, 4.69) is 4.98 Å². The van der Waals surface area contributed by atoms with E-state index in [1.807, 2.05) is 0 Å². The molecule has 0 aliphatic rings. The first kappa shape index (κ1) is 11.0. The lowest BCUT2D eigenvalue weighted by Crippen LogP contribution is -2.07. The number of alkyl halides is 2. The zero-order valence-electron chi connectivity index (χ0n) is 7.04. The van der Waals surface area contributed by atoms with Gasteiger partial charge in [0.15, 0.2) is 5.82 Å². The molecule has 1 rings (SSSR count). The Morgan fingerprint density at radius 2 is 2.20 bits per heavy atom. The van der Waals surface area contributed by atoms with Crippen LogP contribution in [0.4, 0.5) is 13.2 Å². The lowest BCUT2D eigenvalue weighted by Gasteiger charge is -2.03. The number of halogens is 3. The highest BCUT2D eigenvalue weighted by molar-refractivity contribution is 5.85. The smallest absolute Gasteiger partial charge is 0.354 e. The topological polar surface area (TPSA) is 74.0 Å². The molecule has 15 heavy (non-hydrogen) atoms. The van der Waals surface area contributed by atoms with Gasteiger partial charge in [0.2, 0.25) is 0 Å². The molecule has 0 unspecified atom stereocenters. The molecular weight excluding hydrogens is 213 g/mol. The molecule has 0 radical (unpaired) electrons. The number of carbonyl (C=O) groups is 1. The average molecular weight is 216 g/mol. The van der Waals surface area contributed by atoms with Gasteiger partial charge in [0.05, 0.1) is 5.56 Å². The van der Waals surface area contributed by atoms with E-state index in [1.54, 1.807) is 0 Å². The number of pyridine rings is 1. The number of aromatic nitrogens is 1. The van der Waals surface area contributed by atoms with Crippen LogP contribution in [0.1, 0.15) is 28.2 Å². The molecule has 0 saturated heterocycles. The summed E-state index contributed by atoms with van der Waals surface area (Å²) in [6.07, 6.45) is -3.27. The second kappa shape index (κ2) is 3.96. The van der Waals surface area contributed by atoms with Crippen molar-refractivity contribution in [1.82, 2.24) is 4.98 Å². The fraction of sp³-hybridized carbons (Fsp3) is 0.125. The van der Waals surface area contributed by atoms with E-state index in [9.17, 15) is 18.0 Å². The van der Waals surface area contributed by atoms with Gasteiger partial charge < -0.3 is 5.11 Å². The van der Waals surface area contributed by atoms with Crippen molar-refractivity contribution in [2.24, 2.45) is 0 Å². The summed E-state index contributed by atoms with van der Waals surface area (Å²) in [6, 6.07) is 1.87. The SMILES string of the molecule is N#Cc1cc(C(=O)O)nc(C(F)F)c1F. The van der Waals surface area contributed by atoms with Crippen molar-refractivity contribution in [2.75, 3.05) is 0 Å². The number of aromatic carboxylic acids is 1. The Morgan fingerprint density at radius 1 is 1.60 bits per heavy atom. The van der Waals surface area contributed by atoms with Crippen LogP contribution >= 0.6 is 0 Å². The number of rotatable bonds is 2. The highest BCUT2D eigenvalue weighted by Gasteiger charge is 2.22. The standard InChI is InChI=1S/C8H3F3N2O2/c9-5-3(2-12)1-4(8(14)15)13-6(5)7(10)11/h1,7H,(H,14,15). The van der Waals surface area contributed by atoms with Crippen LogP contribution in [0.25, 0.3) is 0 Å². The summed E-state index contributed by atoms with van der Waals surface area (Å²) < 4.78 is 37.4. The molecule has 0 bridgehead atoms. The van der Waals surface area contributed by atoms with Crippen LogP contribution < -0.4 is 0 Å². The monoisotopic (exact) mass is 216 g/mol. The molecular formula is C8H3F3N2O2. The van der Waals surface area contributed by atoms with Gasteiger partial charge >= 0.3 is 5.97 Å². The van der Waals surface area contributed by atoms with Crippen LogP contribution in [0.3, 0.4) is 0 Å². The summed E-state index contributed by atoms with van der Waals surface area (Å²) in [5.41, 5.74) is -2.88. The largest absolute Gasteiger partial charge is 0.477 e. The van der Waals surface area contributed by atoms with Crippen LogP contribution in [-0.2, 0) is 0 Å². The third-order valence-electron chi connectivity index (χ3n) is 1.53. The Morgan fingerprint density at radius 3 is 2.60 bits per heavy atom. The van der Waals surface area contributed by atoms with E-state index < -0.39 is 35.2 Å². The van der Waals surface area contributed by atoms with Crippen molar-refractivity contribution in [3.05, 3.63) is 28.8 Å². The molecule has 1 heterocycles. The second-order valence-electron chi connectivity index (χ2n) is 2.47. The molecule has 0 saturated carbocycles. The first-order valence-corrected chi connectivity index (χ1v) is 3.59. The molecule has 1 N–H and O–H groups in total. The van der Waals surface area contributed by atoms with E-state index in [-0.39, 0.29) is 0 Å². The summed E-state index contributed by atoms with van der Waals surface area (Å²) in [6.45, 7) is 0. The lowest BCUT2D eigenvalue weighted by molar-refractivity contribution is 0.0688. The van der Waals surface area contributed by atoms with E-state index in [1.165, 1.54) is 6.07 Å². The predicted octanol–water partition coefficient (Wildman–Crippen LogP) is 1.73. The van der Waals surface area contributed by atoms with Gasteiger partial charge in [0.25, 0.3) is 6.43 Å². The first-order chi connectivity index (χ1) is 6.97. The fourth-order valence-electron chi connectivity index (χ4n) is 0.885. The quantitative estimate of drug-likeness (QED) is 0.816. The molecule has 0 amide bonds. The minimum absolute atomic E-state index is 0.601. The van der Waals surface area contributed by atoms with Crippen LogP contribution in [0.5, 0.6) is 0 Å². The van der Waals surface area contributed by atoms with Crippen LogP contribution in [0.15, 0.2) is 6.07 Å². The van der Waals surface area contributed by atoms with Gasteiger partial charge in [-0.05, 0) is 6.07 Å². The van der Waals surface area contributed by atoms with E-state index in [0.717, 1.165) is 0 Å². The summed E-state index contributed by atoms with van der Waals surface area (Å²) >= 11 is 0. The van der Waals surface area contributed by atoms with Crippen molar-refractivity contribution in [1.29, 1.82) is 5.26 Å². The Hall–Kier alpha value is -2.10. The Labute approximate surface area is 81.6 Å². The van der Waals surface area contributed by atoms with Gasteiger partial charge in [0, 0.05) is 0 Å². The molecule has 0 aliphatic carbocycles. The predicted molar refractivity (Wildman–Crippen MR) is 40.8 cm³/mol. The number of hydrogen-bond acceptors (Lipinski definition) is 3. The highest BCUT2D eigenvalue weighted by Crippen LogP contribution is 2.22. The zero-order chi connectivity index (χ0) is 11.6. The second-order valence-corrected chi connectivity index (χ2v) is 2.47. The Bertz CT molecular complexity index is 454. The highest BCUT2D eigenvalue weighted by atomic mass is 19.3. The fourth-order valence-corrected chi connectivity index (χ4v) is 0.885. The third kappa shape index (κ3) is 2.04. The lowest BCUT2D eigenvalue weighted by atomic mass is 10.2. The molecule has 1 aromatic rings. The number of nitriles is 1. The summed E-state index contributed by atoms with van der Waals surface area (Å²) in [7, 11) is 0. The first-order valence-electron chi connectivity index (χ1n) is 3.59. The number of carboxylic acids is 1. The maximum Gasteiger partial charge on any atom is 0.354 e. The van der Waals surface area contributed by atoms with Crippen molar-refractivity contribution in [2.45, 2.75) is 6.43 Å². The average Bonchev–Trinajstić information content (AvgIpc) is 2.17. The zero-order valence-corrected chi connectivity index (χ0v) is 7.04. The number of hydrogen-bond donors (Lipinski definition) is 1. The molecule has 0 spiro atoms.